The van der Waals surface area contributed by atoms with E-state index in [9.17, 15) is 0 Å². The molecule has 0 bridgehead atoms. The molecule has 1 aromatic heterocycles. The Morgan fingerprint density at radius 3 is 3.00 bits per heavy atom. The fraction of sp³-hybridized carbons (Fsp3) is 0.357. The van der Waals surface area contributed by atoms with Gasteiger partial charge in [-0.2, -0.15) is 0 Å². The monoisotopic (exact) mass is 262 g/mol. The quantitative estimate of drug-likeness (QED) is 0.916. The second-order valence-corrected chi connectivity index (χ2v) is 5.16. The van der Waals surface area contributed by atoms with E-state index in [1.807, 2.05) is 25.1 Å². The van der Waals surface area contributed by atoms with Crippen molar-refractivity contribution in [3.05, 3.63) is 40.9 Å². The van der Waals surface area contributed by atoms with Gasteiger partial charge in [0.2, 0.25) is 5.89 Å². The summed E-state index contributed by atoms with van der Waals surface area (Å²) in [7, 11) is 0. The van der Waals surface area contributed by atoms with E-state index in [0.717, 1.165) is 16.9 Å². The van der Waals surface area contributed by atoms with Gasteiger partial charge < -0.3 is 9.73 Å². The summed E-state index contributed by atoms with van der Waals surface area (Å²) in [5, 5.41) is 4.07. The Balaban J connectivity index is 1.78. The van der Waals surface area contributed by atoms with E-state index in [1.165, 1.54) is 12.8 Å². The lowest BCUT2D eigenvalue weighted by atomic mass is 10.1. The Bertz CT molecular complexity index is 561. The van der Waals surface area contributed by atoms with E-state index in [2.05, 4.69) is 10.3 Å². The Morgan fingerprint density at radius 2 is 2.28 bits per heavy atom. The minimum atomic E-state index is 0.656. The van der Waals surface area contributed by atoms with Crippen molar-refractivity contribution in [2.45, 2.75) is 32.4 Å². The van der Waals surface area contributed by atoms with E-state index >= 15 is 0 Å². The molecule has 2 aromatic rings. The summed E-state index contributed by atoms with van der Waals surface area (Å²) in [5.74, 6) is 1.45. The normalized spacial score (nSPS) is 15.0. The predicted molar refractivity (Wildman–Crippen MR) is 71.5 cm³/mol. The van der Waals surface area contributed by atoms with E-state index in [4.69, 9.17) is 16.0 Å². The van der Waals surface area contributed by atoms with Gasteiger partial charge in [-0.15, -0.1) is 0 Å². The number of rotatable bonds is 4. The van der Waals surface area contributed by atoms with E-state index < -0.39 is 0 Å². The van der Waals surface area contributed by atoms with Gasteiger partial charge in [-0.1, -0.05) is 17.7 Å². The largest absolute Gasteiger partial charge is 0.439 e. The molecule has 0 aliphatic heterocycles. The average Bonchev–Trinajstić information content (AvgIpc) is 3.05. The van der Waals surface area contributed by atoms with Gasteiger partial charge >= 0.3 is 0 Å². The zero-order chi connectivity index (χ0) is 12.5. The van der Waals surface area contributed by atoms with E-state index in [0.29, 0.717) is 23.5 Å². The van der Waals surface area contributed by atoms with Crippen molar-refractivity contribution in [2.24, 2.45) is 0 Å². The number of aromatic nitrogens is 1. The lowest BCUT2D eigenvalue weighted by Gasteiger charge is -2.01. The van der Waals surface area contributed by atoms with Crippen molar-refractivity contribution in [2.75, 3.05) is 0 Å². The first-order chi connectivity index (χ1) is 8.72. The second-order valence-electron chi connectivity index (χ2n) is 4.76. The van der Waals surface area contributed by atoms with Crippen LogP contribution >= 0.6 is 11.6 Å². The van der Waals surface area contributed by atoms with Crippen molar-refractivity contribution >= 4 is 11.6 Å². The molecule has 3 rings (SSSR count). The van der Waals surface area contributed by atoms with Crippen LogP contribution in [0.5, 0.6) is 0 Å². The van der Waals surface area contributed by atoms with Crippen LogP contribution in [0.1, 0.15) is 24.3 Å². The first-order valence-electron chi connectivity index (χ1n) is 6.17. The molecule has 1 N–H and O–H groups in total. The highest BCUT2D eigenvalue weighted by molar-refractivity contribution is 6.33. The molecule has 0 unspecified atom stereocenters. The molecular formula is C14H15ClN2O. The molecule has 0 saturated heterocycles. The Morgan fingerprint density at radius 1 is 1.44 bits per heavy atom. The van der Waals surface area contributed by atoms with Crippen LogP contribution in [0.3, 0.4) is 0 Å². The van der Waals surface area contributed by atoms with Gasteiger partial charge in [0.05, 0.1) is 17.8 Å². The van der Waals surface area contributed by atoms with E-state index in [-0.39, 0.29) is 0 Å². The van der Waals surface area contributed by atoms with Crippen LogP contribution in [0.2, 0.25) is 5.02 Å². The summed E-state index contributed by atoms with van der Waals surface area (Å²) >= 11 is 6.21. The van der Waals surface area contributed by atoms with Crippen LogP contribution in [0, 0.1) is 6.92 Å². The number of benzene rings is 1. The number of nitrogens with one attached hydrogen (secondary N) is 1. The molecule has 18 heavy (non-hydrogen) atoms. The molecule has 1 fully saturated rings. The number of nitrogens with zero attached hydrogens (tertiary/aromatic N) is 1. The maximum absolute atomic E-state index is 6.21. The molecular weight excluding hydrogens is 248 g/mol. The summed E-state index contributed by atoms with van der Waals surface area (Å²) in [4.78, 5) is 4.27. The third kappa shape index (κ3) is 2.57. The standard InChI is InChI=1S/C14H15ClN2O/c1-9-2-5-11(12(15)6-9)13-7-17-14(18-13)8-16-10-3-4-10/h2,5-7,10,16H,3-4,8H2,1H3. The average molecular weight is 263 g/mol. The fourth-order valence-corrected chi connectivity index (χ4v) is 2.18. The summed E-state index contributed by atoms with van der Waals surface area (Å²) < 4.78 is 5.71. The van der Waals surface area contributed by atoms with Gasteiger partial charge in [0.1, 0.15) is 0 Å². The molecule has 0 radical (unpaired) electrons. The first-order valence-corrected chi connectivity index (χ1v) is 6.55. The number of halogens is 1. The maximum Gasteiger partial charge on any atom is 0.208 e. The van der Waals surface area contributed by atoms with Gasteiger partial charge in [0.25, 0.3) is 0 Å². The fourth-order valence-electron chi connectivity index (χ4n) is 1.86. The molecule has 4 heteroatoms. The van der Waals surface area contributed by atoms with Crippen LogP contribution in [-0.4, -0.2) is 11.0 Å². The third-order valence-electron chi connectivity index (χ3n) is 3.06. The minimum Gasteiger partial charge on any atom is -0.439 e. The molecule has 94 valence electrons. The zero-order valence-electron chi connectivity index (χ0n) is 10.2. The molecule has 1 saturated carbocycles. The van der Waals surface area contributed by atoms with Gasteiger partial charge in [0, 0.05) is 11.6 Å². The van der Waals surface area contributed by atoms with Crippen molar-refractivity contribution in [1.29, 1.82) is 0 Å². The topological polar surface area (TPSA) is 38.1 Å². The van der Waals surface area contributed by atoms with Gasteiger partial charge in [-0.3, -0.25) is 0 Å². The molecule has 0 atom stereocenters. The van der Waals surface area contributed by atoms with Crippen molar-refractivity contribution in [3.8, 4) is 11.3 Å². The van der Waals surface area contributed by atoms with Crippen LogP contribution in [0.25, 0.3) is 11.3 Å². The predicted octanol–water partition coefficient (Wildman–Crippen LogP) is 3.56. The lowest BCUT2D eigenvalue weighted by molar-refractivity contribution is 0.477. The first kappa shape index (κ1) is 11.8. The van der Waals surface area contributed by atoms with Crippen LogP contribution in [0.15, 0.2) is 28.8 Å². The molecule has 1 aliphatic carbocycles. The number of oxazole rings is 1. The summed E-state index contributed by atoms with van der Waals surface area (Å²) in [6, 6.07) is 6.58. The number of hydrogen-bond donors (Lipinski definition) is 1. The third-order valence-corrected chi connectivity index (χ3v) is 3.38. The van der Waals surface area contributed by atoms with Crippen molar-refractivity contribution in [1.82, 2.24) is 10.3 Å². The Kier molecular flexibility index (Phi) is 3.10. The summed E-state index contributed by atoms with van der Waals surface area (Å²) in [6.45, 7) is 2.70. The van der Waals surface area contributed by atoms with Gasteiger partial charge in [-0.25, -0.2) is 4.98 Å². The SMILES string of the molecule is Cc1ccc(-c2cnc(CNC3CC3)o2)c(Cl)c1. The molecule has 1 aromatic carbocycles. The molecule has 0 amide bonds. The summed E-state index contributed by atoms with van der Waals surface area (Å²) in [5.41, 5.74) is 2.03. The number of aryl methyl sites for hydroxylation is 1. The van der Waals surface area contributed by atoms with Gasteiger partial charge in [0.15, 0.2) is 5.76 Å². The van der Waals surface area contributed by atoms with E-state index in [1.54, 1.807) is 6.20 Å². The second kappa shape index (κ2) is 4.75. The summed E-state index contributed by atoms with van der Waals surface area (Å²) in [6.07, 6.45) is 4.26. The maximum atomic E-state index is 6.21. The molecule has 0 spiro atoms. The Labute approximate surface area is 111 Å². The minimum absolute atomic E-state index is 0.656. The lowest BCUT2D eigenvalue weighted by Crippen LogP contribution is -2.15. The van der Waals surface area contributed by atoms with Crippen molar-refractivity contribution in [3.63, 3.8) is 0 Å². The highest BCUT2D eigenvalue weighted by Gasteiger charge is 2.21. The highest BCUT2D eigenvalue weighted by atomic mass is 35.5. The smallest absolute Gasteiger partial charge is 0.208 e. The van der Waals surface area contributed by atoms with Crippen LogP contribution in [-0.2, 0) is 6.54 Å². The molecule has 1 heterocycles. The van der Waals surface area contributed by atoms with Crippen LogP contribution < -0.4 is 5.32 Å². The zero-order valence-corrected chi connectivity index (χ0v) is 11.0. The van der Waals surface area contributed by atoms with Crippen LogP contribution in [0.4, 0.5) is 0 Å². The molecule has 3 nitrogen and oxygen atoms in total. The number of hydrogen-bond acceptors (Lipinski definition) is 3. The Hall–Kier alpha value is -1.32. The highest BCUT2D eigenvalue weighted by Crippen LogP contribution is 2.29. The van der Waals surface area contributed by atoms with Gasteiger partial charge in [-0.05, 0) is 37.5 Å². The molecule has 1 aliphatic rings. The van der Waals surface area contributed by atoms with Crippen molar-refractivity contribution < 1.29 is 4.42 Å².